The van der Waals surface area contributed by atoms with E-state index in [1.54, 1.807) is 6.07 Å². The van der Waals surface area contributed by atoms with Gasteiger partial charge in [0, 0.05) is 18.4 Å². The van der Waals surface area contributed by atoms with E-state index in [0.717, 1.165) is 16.7 Å². The second-order valence-corrected chi connectivity index (χ2v) is 8.71. The number of benzene rings is 3. The molecule has 0 radical (unpaired) electrons. The van der Waals surface area contributed by atoms with Crippen molar-refractivity contribution >= 4 is 12.0 Å². The molecule has 2 atom stereocenters. The van der Waals surface area contributed by atoms with Crippen LogP contribution in [0.5, 0.6) is 5.75 Å². The van der Waals surface area contributed by atoms with E-state index >= 15 is 0 Å². The van der Waals surface area contributed by atoms with Crippen LogP contribution in [0.3, 0.4) is 0 Å². The third kappa shape index (κ3) is 5.46. The number of ether oxygens (including phenoxy) is 2. The fourth-order valence-electron chi connectivity index (χ4n) is 4.43. The molecule has 1 aliphatic heterocycles. The van der Waals surface area contributed by atoms with E-state index in [1.807, 2.05) is 84.9 Å². The second kappa shape index (κ2) is 10.9. The molecule has 7 nitrogen and oxygen atoms in total. The molecule has 36 heavy (non-hydrogen) atoms. The fraction of sp³-hybridized carbons (Fsp3) is 0.207. The molecule has 1 fully saturated rings. The number of carbonyl (C=O) groups excluding carboxylic acids is 2. The van der Waals surface area contributed by atoms with E-state index in [1.165, 1.54) is 11.2 Å². The number of hydrogen-bond donors (Lipinski definition) is 0. The van der Waals surface area contributed by atoms with E-state index in [2.05, 4.69) is 5.16 Å². The average Bonchev–Trinajstić information content (AvgIpc) is 3.57. The van der Waals surface area contributed by atoms with Crippen LogP contribution in [0.15, 0.2) is 102 Å². The number of imide groups is 1. The monoisotopic (exact) mass is 482 g/mol. The molecule has 1 saturated heterocycles. The van der Waals surface area contributed by atoms with Gasteiger partial charge < -0.3 is 14.0 Å². The lowest BCUT2D eigenvalue weighted by Crippen LogP contribution is -2.40. The number of cyclic esters (lactones) is 1. The van der Waals surface area contributed by atoms with E-state index in [0.29, 0.717) is 24.5 Å². The normalized spacial score (nSPS) is 15.9. The van der Waals surface area contributed by atoms with Crippen LogP contribution in [0.4, 0.5) is 4.79 Å². The van der Waals surface area contributed by atoms with Crippen LogP contribution >= 0.6 is 0 Å². The second-order valence-electron chi connectivity index (χ2n) is 8.71. The van der Waals surface area contributed by atoms with Gasteiger partial charge in [-0.1, -0.05) is 78.0 Å². The first-order valence-electron chi connectivity index (χ1n) is 11.9. The van der Waals surface area contributed by atoms with Gasteiger partial charge in [-0.15, -0.1) is 0 Å². The van der Waals surface area contributed by atoms with Gasteiger partial charge in [-0.2, -0.15) is 0 Å². The summed E-state index contributed by atoms with van der Waals surface area (Å²) in [6.45, 7) is 0.607. The van der Waals surface area contributed by atoms with Crippen LogP contribution in [0, 0.1) is 0 Å². The number of amides is 2. The summed E-state index contributed by atoms with van der Waals surface area (Å²) in [6, 6.07) is 28.6. The van der Waals surface area contributed by atoms with Gasteiger partial charge in [0.15, 0.2) is 0 Å². The summed E-state index contributed by atoms with van der Waals surface area (Å²) in [7, 11) is 0. The lowest BCUT2D eigenvalue weighted by Gasteiger charge is -2.22. The summed E-state index contributed by atoms with van der Waals surface area (Å²) in [5, 5.41) is 4.10. The van der Waals surface area contributed by atoms with E-state index in [4.69, 9.17) is 14.0 Å². The summed E-state index contributed by atoms with van der Waals surface area (Å²) < 4.78 is 16.3. The summed E-state index contributed by atoms with van der Waals surface area (Å²) in [5.74, 6) is -0.0517. The maximum atomic E-state index is 13.5. The number of rotatable bonds is 9. The predicted octanol–water partition coefficient (Wildman–Crippen LogP) is 5.37. The van der Waals surface area contributed by atoms with Crippen LogP contribution in [-0.2, 0) is 22.6 Å². The first-order chi connectivity index (χ1) is 17.7. The molecular weight excluding hydrogens is 456 g/mol. The Morgan fingerprint density at radius 3 is 2.44 bits per heavy atom. The smallest absolute Gasteiger partial charge is 0.416 e. The Bertz CT molecular complexity index is 1290. The van der Waals surface area contributed by atoms with E-state index in [-0.39, 0.29) is 25.0 Å². The zero-order chi connectivity index (χ0) is 24.7. The van der Waals surface area contributed by atoms with Gasteiger partial charge in [0.25, 0.3) is 0 Å². The molecule has 0 N–H and O–H groups in total. The molecule has 182 valence electrons. The topological polar surface area (TPSA) is 81.9 Å². The van der Waals surface area contributed by atoms with Crippen molar-refractivity contribution in [1.82, 2.24) is 10.1 Å². The summed E-state index contributed by atoms with van der Waals surface area (Å²) in [5.41, 5.74) is 3.55. The van der Waals surface area contributed by atoms with E-state index < -0.39 is 12.0 Å². The maximum absolute atomic E-state index is 13.5. The highest BCUT2D eigenvalue weighted by molar-refractivity contribution is 5.94. The van der Waals surface area contributed by atoms with Crippen LogP contribution in [0.2, 0.25) is 0 Å². The van der Waals surface area contributed by atoms with Crippen LogP contribution in [0.25, 0.3) is 0 Å². The van der Waals surface area contributed by atoms with Gasteiger partial charge in [0.1, 0.15) is 25.2 Å². The molecule has 5 rings (SSSR count). The molecule has 2 amide bonds. The fourth-order valence-corrected chi connectivity index (χ4v) is 4.43. The third-order valence-electron chi connectivity index (χ3n) is 6.25. The minimum absolute atomic E-state index is 0.0368. The van der Waals surface area contributed by atoms with Gasteiger partial charge in [-0.25, -0.2) is 9.69 Å². The highest BCUT2D eigenvalue weighted by atomic mass is 16.6. The quantitative estimate of drug-likeness (QED) is 0.319. The Labute approximate surface area is 209 Å². The number of nitrogens with zero attached hydrogens (tertiary/aromatic N) is 2. The number of carbonyl (C=O) groups is 2. The molecule has 1 aliphatic rings. The Morgan fingerprint density at radius 2 is 1.72 bits per heavy atom. The van der Waals surface area contributed by atoms with Crippen molar-refractivity contribution in [1.29, 1.82) is 0 Å². The summed E-state index contributed by atoms with van der Waals surface area (Å²) >= 11 is 0. The van der Waals surface area contributed by atoms with Crippen molar-refractivity contribution in [2.75, 3.05) is 6.61 Å². The molecule has 0 spiro atoms. The van der Waals surface area contributed by atoms with Crippen LogP contribution < -0.4 is 4.74 Å². The molecule has 4 aromatic rings. The van der Waals surface area contributed by atoms with Gasteiger partial charge in [0.05, 0.1) is 11.7 Å². The number of aromatic nitrogens is 1. The molecule has 3 aromatic carbocycles. The van der Waals surface area contributed by atoms with Crippen molar-refractivity contribution in [3.8, 4) is 5.75 Å². The molecule has 0 bridgehead atoms. The summed E-state index contributed by atoms with van der Waals surface area (Å²) in [4.78, 5) is 27.2. The Morgan fingerprint density at radius 1 is 0.972 bits per heavy atom. The van der Waals surface area contributed by atoms with Crippen molar-refractivity contribution in [2.45, 2.75) is 31.4 Å². The lowest BCUT2D eigenvalue weighted by atomic mass is 9.91. The zero-order valence-electron chi connectivity index (χ0n) is 19.7. The minimum Gasteiger partial charge on any atom is -0.489 e. The molecule has 0 unspecified atom stereocenters. The summed E-state index contributed by atoms with van der Waals surface area (Å²) in [6.07, 6.45) is 1.44. The van der Waals surface area contributed by atoms with Gasteiger partial charge in [-0.3, -0.25) is 4.79 Å². The molecule has 2 heterocycles. The highest BCUT2D eigenvalue weighted by Gasteiger charge is 2.39. The maximum Gasteiger partial charge on any atom is 0.416 e. The largest absolute Gasteiger partial charge is 0.489 e. The SMILES string of the molecule is O=C(C[C@H](c1cccc(OCc2ccccc2)c1)c1ccon1)N1C(=O)OC[C@H]1Cc1ccccc1. The molecule has 7 heteroatoms. The standard InChI is InChI=1S/C29H26N2O5/c32-28(31-24(20-35-29(31)33)16-21-8-3-1-4-9-21)18-26(27-14-15-36-30-27)23-12-7-13-25(17-23)34-19-22-10-5-2-6-11-22/h1-15,17,24,26H,16,18-20H2/t24-,26-/m1/s1. The van der Waals surface area contributed by atoms with Crippen molar-refractivity contribution < 1.29 is 23.6 Å². The van der Waals surface area contributed by atoms with Gasteiger partial charge >= 0.3 is 6.09 Å². The van der Waals surface area contributed by atoms with Gasteiger partial charge in [-0.05, 0) is 35.2 Å². The van der Waals surface area contributed by atoms with Crippen LogP contribution in [0.1, 0.15) is 34.7 Å². The Kier molecular flexibility index (Phi) is 7.07. The first-order valence-corrected chi connectivity index (χ1v) is 11.9. The minimum atomic E-state index is -0.611. The Hall–Kier alpha value is -4.39. The van der Waals surface area contributed by atoms with Crippen molar-refractivity contribution in [2.24, 2.45) is 0 Å². The van der Waals surface area contributed by atoms with Crippen molar-refractivity contribution in [3.63, 3.8) is 0 Å². The highest BCUT2D eigenvalue weighted by Crippen LogP contribution is 2.31. The predicted molar refractivity (Wildman–Crippen MR) is 132 cm³/mol. The molecule has 0 saturated carbocycles. The first kappa shape index (κ1) is 23.4. The van der Waals surface area contributed by atoms with Crippen LogP contribution in [-0.4, -0.2) is 34.7 Å². The third-order valence-corrected chi connectivity index (χ3v) is 6.25. The van der Waals surface area contributed by atoms with E-state index in [9.17, 15) is 9.59 Å². The Balaban J connectivity index is 1.34. The molecular formula is C29H26N2O5. The lowest BCUT2D eigenvalue weighted by molar-refractivity contribution is -0.129. The molecule has 1 aromatic heterocycles. The number of hydrogen-bond acceptors (Lipinski definition) is 6. The molecule has 0 aliphatic carbocycles. The van der Waals surface area contributed by atoms with Gasteiger partial charge in [0.2, 0.25) is 5.91 Å². The average molecular weight is 483 g/mol. The zero-order valence-corrected chi connectivity index (χ0v) is 19.7. The van der Waals surface area contributed by atoms with Crippen molar-refractivity contribution in [3.05, 3.63) is 120 Å².